The number of benzene rings is 1. The van der Waals surface area contributed by atoms with E-state index in [9.17, 15) is 4.39 Å². The Kier molecular flexibility index (Phi) is 4.42. The highest BCUT2D eigenvalue weighted by molar-refractivity contribution is 6.62. The molecule has 1 unspecified atom stereocenters. The highest BCUT2D eigenvalue weighted by Gasteiger charge is 2.51. The molecule has 1 aromatic rings. The zero-order valence-corrected chi connectivity index (χ0v) is 14.2. The Morgan fingerprint density at radius 2 is 1.83 bits per heavy atom. The number of hydrogen-bond acceptors (Lipinski definition) is 4. The molecule has 4 nitrogen and oxygen atoms in total. The molecule has 0 radical (unpaired) electrons. The van der Waals surface area contributed by atoms with Crippen LogP contribution in [0, 0.1) is 5.82 Å². The Hall–Kier alpha value is -1.11. The van der Waals surface area contributed by atoms with E-state index in [1.807, 2.05) is 27.7 Å². The maximum atomic E-state index is 14.0. The lowest BCUT2D eigenvalue weighted by atomic mass is 9.79. The molecule has 2 heterocycles. The van der Waals surface area contributed by atoms with Crippen LogP contribution in [-0.2, 0) is 14.0 Å². The molecular formula is C17H24BFO4. The van der Waals surface area contributed by atoms with Gasteiger partial charge in [-0.1, -0.05) is 0 Å². The number of halogens is 1. The molecule has 126 valence electrons. The van der Waals surface area contributed by atoms with Gasteiger partial charge in [0, 0.05) is 12.7 Å². The van der Waals surface area contributed by atoms with Crippen LogP contribution in [0.3, 0.4) is 0 Å². The lowest BCUT2D eigenvalue weighted by molar-refractivity contribution is 0.00578. The first-order valence-corrected chi connectivity index (χ1v) is 8.17. The van der Waals surface area contributed by atoms with Crippen molar-refractivity contribution in [2.45, 2.75) is 57.8 Å². The van der Waals surface area contributed by atoms with E-state index in [0.29, 0.717) is 17.8 Å². The summed E-state index contributed by atoms with van der Waals surface area (Å²) in [6.45, 7) is 9.21. The van der Waals surface area contributed by atoms with Crippen LogP contribution >= 0.6 is 0 Å². The predicted octanol–water partition coefficient (Wildman–Crippen LogP) is 2.68. The average Bonchev–Trinajstić information content (AvgIpc) is 2.68. The first-order chi connectivity index (χ1) is 10.8. The molecule has 1 aromatic carbocycles. The Balaban J connectivity index is 1.78. The van der Waals surface area contributed by atoms with Crippen molar-refractivity contribution in [3.63, 3.8) is 0 Å². The summed E-state index contributed by atoms with van der Waals surface area (Å²) < 4.78 is 37.2. The molecule has 2 aliphatic heterocycles. The molecule has 0 bridgehead atoms. The molecule has 23 heavy (non-hydrogen) atoms. The summed E-state index contributed by atoms with van der Waals surface area (Å²) in [5.41, 5.74) is -0.278. The van der Waals surface area contributed by atoms with Crippen molar-refractivity contribution in [1.82, 2.24) is 0 Å². The number of rotatable bonds is 3. The molecule has 0 saturated carbocycles. The van der Waals surface area contributed by atoms with E-state index >= 15 is 0 Å². The normalized spacial score (nSPS) is 26.3. The molecular weight excluding hydrogens is 298 g/mol. The average molecular weight is 322 g/mol. The molecule has 0 aliphatic carbocycles. The standard InChI is InChI=1S/C17H24BFO4/c1-16(2)17(3,4)23-18(22-16)12-8-13(19)10-15(9-12)21-14-6-5-7-20-11-14/h8-10,14H,5-7,11H2,1-4H3. The first-order valence-electron chi connectivity index (χ1n) is 8.17. The van der Waals surface area contributed by atoms with Gasteiger partial charge in [-0.15, -0.1) is 0 Å². The van der Waals surface area contributed by atoms with E-state index in [1.165, 1.54) is 12.1 Å². The smallest absolute Gasteiger partial charge is 0.488 e. The summed E-state index contributed by atoms with van der Waals surface area (Å²) in [6.07, 6.45) is 1.85. The second-order valence-electron chi connectivity index (χ2n) is 7.27. The molecule has 0 spiro atoms. The fourth-order valence-corrected chi connectivity index (χ4v) is 2.76. The highest BCUT2D eigenvalue weighted by atomic mass is 19.1. The van der Waals surface area contributed by atoms with Crippen molar-refractivity contribution in [3.05, 3.63) is 24.0 Å². The van der Waals surface area contributed by atoms with Gasteiger partial charge in [0.15, 0.2) is 0 Å². The molecule has 2 saturated heterocycles. The first kappa shape index (κ1) is 16.7. The zero-order chi connectivity index (χ0) is 16.7. The van der Waals surface area contributed by atoms with E-state index in [0.717, 1.165) is 19.4 Å². The molecule has 0 aromatic heterocycles. The maximum absolute atomic E-state index is 14.0. The summed E-state index contributed by atoms with van der Waals surface area (Å²) in [5.74, 6) is 0.133. The van der Waals surface area contributed by atoms with Crippen molar-refractivity contribution >= 4 is 12.6 Å². The van der Waals surface area contributed by atoms with Gasteiger partial charge in [-0.3, -0.25) is 0 Å². The van der Waals surface area contributed by atoms with Crippen LogP contribution < -0.4 is 10.2 Å². The van der Waals surface area contributed by atoms with Crippen molar-refractivity contribution in [2.75, 3.05) is 13.2 Å². The minimum absolute atomic E-state index is 0.0308. The summed E-state index contributed by atoms with van der Waals surface area (Å²) in [4.78, 5) is 0. The molecule has 2 aliphatic rings. The lowest BCUT2D eigenvalue weighted by Crippen LogP contribution is -2.41. The summed E-state index contributed by atoms with van der Waals surface area (Å²) in [6, 6.07) is 4.62. The quantitative estimate of drug-likeness (QED) is 0.802. The monoisotopic (exact) mass is 322 g/mol. The van der Waals surface area contributed by atoms with Gasteiger partial charge in [0.1, 0.15) is 17.7 Å². The summed E-state index contributed by atoms with van der Waals surface area (Å²) >= 11 is 0. The van der Waals surface area contributed by atoms with Crippen molar-refractivity contribution in [2.24, 2.45) is 0 Å². The Morgan fingerprint density at radius 1 is 1.13 bits per heavy atom. The predicted molar refractivity (Wildman–Crippen MR) is 86.6 cm³/mol. The second-order valence-corrected chi connectivity index (χ2v) is 7.27. The molecule has 3 rings (SSSR count). The van der Waals surface area contributed by atoms with Gasteiger partial charge in [0.05, 0.1) is 17.8 Å². The van der Waals surface area contributed by atoms with E-state index in [2.05, 4.69) is 0 Å². The van der Waals surface area contributed by atoms with Crippen molar-refractivity contribution in [3.8, 4) is 5.75 Å². The van der Waals surface area contributed by atoms with Gasteiger partial charge in [0.2, 0.25) is 0 Å². The fourth-order valence-electron chi connectivity index (χ4n) is 2.76. The van der Waals surface area contributed by atoms with Crippen molar-refractivity contribution < 1.29 is 23.2 Å². The van der Waals surface area contributed by atoms with E-state index in [4.69, 9.17) is 18.8 Å². The SMILES string of the molecule is CC1(C)OB(c2cc(F)cc(OC3CCCOC3)c2)OC1(C)C. The number of ether oxygens (including phenoxy) is 2. The van der Waals surface area contributed by atoms with Gasteiger partial charge >= 0.3 is 7.12 Å². The van der Waals surface area contributed by atoms with E-state index < -0.39 is 18.3 Å². The molecule has 2 fully saturated rings. The van der Waals surface area contributed by atoms with Gasteiger partial charge in [-0.25, -0.2) is 4.39 Å². The van der Waals surface area contributed by atoms with Crippen molar-refractivity contribution in [1.29, 1.82) is 0 Å². The molecule has 0 amide bonds. The third-order valence-corrected chi connectivity index (χ3v) is 4.84. The summed E-state index contributed by atoms with van der Waals surface area (Å²) in [5, 5.41) is 0. The van der Waals surface area contributed by atoms with Crippen LogP contribution in [0.1, 0.15) is 40.5 Å². The maximum Gasteiger partial charge on any atom is 0.495 e. The zero-order valence-electron chi connectivity index (χ0n) is 14.2. The minimum Gasteiger partial charge on any atom is -0.488 e. The van der Waals surface area contributed by atoms with Gasteiger partial charge in [-0.05, 0) is 58.1 Å². The van der Waals surface area contributed by atoms with Gasteiger partial charge < -0.3 is 18.8 Å². The lowest BCUT2D eigenvalue weighted by Gasteiger charge is -2.32. The van der Waals surface area contributed by atoms with Crippen LogP contribution in [0.5, 0.6) is 5.75 Å². The minimum atomic E-state index is -0.597. The largest absolute Gasteiger partial charge is 0.495 e. The Bertz CT molecular complexity index is 554. The third-order valence-electron chi connectivity index (χ3n) is 4.84. The Labute approximate surface area is 137 Å². The van der Waals surface area contributed by atoms with Crippen LogP contribution in [0.15, 0.2) is 18.2 Å². The second kappa shape index (κ2) is 6.08. The van der Waals surface area contributed by atoms with Crippen LogP contribution in [-0.4, -0.2) is 37.6 Å². The molecule has 0 N–H and O–H groups in total. The van der Waals surface area contributed by atoms with Crippen LogP contribution in [0.25, 0.3) is 0 Å². The van der Waals surface area contributed by atoms with E-state index in [-0.39, 0.29) is 11.9 Å². The summed E-state index contributed by atoms with van der Waals surface area (Å²) in [7, 11) is -0.597. The van der Waals surface area contributed by atoms with E-state index in [1.54, 1.807) is 6.07 Å². The molecule has 1 atom stereocenters. The van der Waals surface area contributed by atoms with Gasteiger partial charge in [0.25, 0.3) is 0 Å². The Morgan fingerprint density at radius 3 is 2.43 bits per heavy atom. The fraction of sp³-hybridized carbons (Fsp3) is 0.647. The highest BCUT2D eigenvalue weighted by Crippen LogP contribution is 2.36. The number of hydrogen-bond donors (Lipinski definition) is 0. The van der Waals surface area contributed by atoms with Gasteiger partial charge in [-0.2, -0.15) is 0 Å². The van der Waals surface area contributed by atoms with Crippen LogP contribution in [0.4, 0.5) is 4.39 Å². The third kappa shape index (κ3) is 3.54. The topological polar surface area (TPSA) is 36.9 Å². The molecule has 6 heteroatoms. The van der Waals surface area contributed by atoms with Crippen LogP contribution in [0.2, 0.25) is 0 Å².